The van der Waals surface area contributed by atoms with Gasteiger partial charge in [-0.1, -0.05) is 0 Å². The van der Waals surface area contributed by atoms with Crippen molar-refractivity contribution in [1.29, 1.82) is 0 Å². The van der Waals surface area contributed by atoms with Gasteiger partial charge in [0.25, 0.3) is 0 Å². The van der Waals surface area contributed by atoms with Crippen LogP contribution in [-0.2, 0) is 4.57 Å². The van der Waals surface area contributed by atoms with E-state index in [9.17, 15) is 4.57 Å². The van der Waals surface area contributed by atoms with Crippen molar-refractivity contribution in [2.24, 2.45) is 0 Å². The van der Waals surface area contributed by atoms with Crippen molar-refractivity contribution in [2.45, 2.75) is 77.6 Å². The van der Waals surface area contributed by atoms with E-state index in [-0.39, 0.29) is 6.16 Å². The van der Waals surface area contributed by atoms with Gasteiger partial charge in [0.05, 0.1) is 0 Å². The minimum atomic E-state index is -3.78. The van der Waals surface area contributed by atoms with Crippen molar-refractivity contribution >= 4 is 14.9 Å². The maximum absolute atomic E-state index is 10.9. The Morgan fingerprint density at radius 1 is 0.727 bits per heavy atom. The van der Waals surface area contributed by atoms with Crippen LogP contribution in [0.25, 0.3) is 0 Å². The molecule has 136 valence electrons. The Bertz CT molecular complexity index is 300. The van der Waals surface area contributed by atoms with Crippen molar-refractivity contribution in [3.8, 4) is 0 Å². The van der Waals surface area contributed by atoms with E-state index in [0.717, 1.165) is 6.16 Å². The van der Waals surface area contributed by atoms with Gasteiger partial charge in [-0.2, -0.15) is 0 Å². The summed E-state index contributed by atoms with van der Waals surface area (Å²) in [5, 5.41) is 0. The van der Waals surface area contributed by atoms with Gasteiger partial charge in [0.15, 0.2) is 0 Å². The van der Waals surface area contributed by atoms with E-state index in [2.05, 4.69) is 20.3 Å². The molecule has 0 aromatic carbocycles. The van der Waals surface area contributed by atoms with Crippen molar-refractivity contribution in [2.75, 3.05) is 31.8 Å². The van der Waals surface area contributed by atoms with Gasteiger partial charge in [-0.15, -0.1) is 0 Å². The van der Waals surface area contributed by atoms with Gasteiger partial charge >= 0.3 is 139 Å². The van der Waals surface area contributed by atoms with Crippen LogP contribution in [0.1, 0.15) is 77.6 Å². The van der Waals surface area contributed by atoms with Gasteiger partial charge < -0.3 is 0 Å². The zero-order valence-electron chi connectivity index (χ0n) is 15.1. The molecule has 0 spiro atoms. The summed E-state index contributed by atoms with van der Waals surface area (Å²) >= 11 is 0. The molecule has 0 radical (unpaired) electrons. The molecular weight excluding hydrogens is 314 g/mol. The molecule has 0 unspecified atom stereocenters. The number of unbranched alkanes of at least 4 members (excludes halogenated alkanes) is 9. The van der Waals surface area contributed by atoms with E-state index < -0.39 is 14.9 Å². The van der Waals surface area contributed by atoms with Crippen LogP contribution in [0.4, 0.5) is 0 Å². The van der Waals surface area contributed by atoms with Gasteiger partial charge in [0.2, 0.25) is 0 Å². The molecule has 0 saturated heterocycles. The first-order valence-electron chi connectivity index (χ1n) is 9.31. The van der Waals surface area contributed by atoms with Crippen molar-refractivity contribution in [3.05, 3.63) is 0 Å². The summed E-state index contributed by atoms with van der Waals surface area (Å²) in [5.41, 5.74) is 0. The first kappa shape index (κ1) is 22.6. The standard InChI is InChI=1S/C17H40O3P2/c1-4-5-6-7-8-9-10-11-12-13-15-21(2,3)16-14-17-22(18,19)20/h21H,4-17H2,1-3H3,(H2,18,19,20). The van der Waals surface area contributed by atoms with Gasteiger partial charge in [0, 0.05) is 0 Å². The number of hydrogen-bond donors (Lipinski definition) is 2. The molecule has 0 fully saturated rings. The zero-order valence-corrected chi connectivity index (χ0v) is 17.0. The third-order valence-electron chi connectivity index (χ3n) is 4.51. The Balaban J connectivity index is 3.43. The fraction of sp³-hybridized carbons (Fsp3) is 1.00. The monoisotopic (exact) mass is 354 g/mol. The quantitative estimate of drug-likeness (QED) is 0.302. The van der Waals surface area contributed by atoms with Crippen LogP contribution < -0.4 is 0 Å². The molecule has 0 aromatic heterocycles. The molecule has 5 heteroatoms. The summed E-state index contributed by atoms with van der Waals surface area (Å²) < 4.78 is 10.9. The summed E-state index contributed by atoms with van der Waals surface area (Å²) in [6, 6.07) is 0. The molecular formula is C17H40O3P2. The Morgan fingerprint density at radius 3 is 1.59 bits per heavy atom. The van der Waals surface area contributed by atoms with Crippen LogP contribution in [0.3, 0.4) is 0 Å². The van der Waals surface area contributed by atoms with Crippen LogP contribution in [0, 0.1) is 0 Å². The number of rotatable bonds is 15. The van der Waals surface area contributed by atoms with Gasteiger partial charge in [-0.25, -0.2) is 0 Å². The average molecular weight is 354 g/mol. The normalized spacial score (nSPS) is 13.5. The molecule has 0 aliphatic carbocycles. The van der Waals surface area contributed by atoms with E-state index in [1.165, 1.54) is 70.4 Å². The predicted molar refractivity (Wildman–Crippen MR) is 103 cm³/mol. The Labute approximate surface area is 139 Å². The van der Waals surface area contributed by atoms with Crippen LogP contribution in [0.5, 0.6) is 0 Å². The third-order valence-corrected chi connectivity index (χ3v) is 8.82. The first-order chi connectivity index (χ1) is 10.3. The van der Waals surface area contributed by atoms with E-state index in [1.807, 2.05) is 0 Å². The second kappa shape index (κ2) is 12.9. The molecule has 0 aliphatic heterocycles. The Kier molecular flexibility index (Phi) is 13.3. The Hall–Kier alpha value is 0.580. The summed E-state index contributed by atoms with van der Waals surface area (Å²) in [6.45, 7) is 6.98. The summed E-state index contributed by atoms with van der Waals surface area (Å²) in [5.74, 6) is 0. The summed E-state index contributed by atoms with van der Waals surface area (Å²) in [7, 11) is -5.02. The molecule has 0 rings (SSSR count). The SMILES string of the molecule is CCCCCCCCCCCC[PH](C)(C)CCCP(=O)(O)O. The zero-order chi connectivity index (χ0) is 16.9. The molecule has 3 nitrogen and oxygen atoms in total. The van der Waals surface area contributed by atoms with E-state index in [0.29, 0.717) is 6.42 Å². The third kappa shape index (κ3) is 16.9. The molecule has 0 heterocycles. The molecule has 0 aromatic rings. The average Bonchev–Trinajstić information content (AvgIpc) is 2.39. The van der Waals surface area contributed by atoms with Crippen LogP contribution >= 0.6 is 14.9 Å². The van der Waals surface area contributed by atoms with E-state index in [1.54, 1.807) is 0 Å². The second-order valence-corrected chi connectivity index (χ2v) is 14.7. The van der Waals surface area contributed by atoms with Crippen molar-refractivity contribution < 1.29 is 14.4 Å². The molecule has 0 aliphatic rings. The fourth-order valence-electron chi connectivity index (χ4n) is 2.98. The number of hydrogen-bond acceptors (Lipinski definition) is 1. The summed E-state index contributed by atoms with van der Waals surface area (Å²) in [4.78, 5) is 17.8. The van der Waals surface area contributed by atoms with Crippen molar-refractivity contribution in [3.63, 3.8) is 0 Å². The van der Waals surface area contributed by atoms with E-state index >= 15 is 0 Å². The fourth-order valence-corrected chi connectivity index (χ4v) is 6.44. The molecule has 0 atom stereocenters. The van der Waals surface area contributed by atoms with Crippen molar-refractivity contribution in [1.82, 2.24) is 0 Å². The Morgan fingerprint density at radius 2 is 1.14 bits per heavy atom. The predicted octanol–water partition coefficient (Wildman–Crippen LogP) is 5.48. The summed E-state index contributed by atoms with van der Waals surface area (Å²) in [6.07, 6.45) is 16.9. The first-order valence-corrected chi connectivity index (χ1v) is 14.5. The molecule has 22 heavy (non-hydrogen) atoms. The molecule has 0 saturated carbocycles. The maximum atomic E-state index is 10.9. The van der Waals surface area contributed by atoms with Gasteiger partial charge in [-0.3, -0.25) is 0 Å². The second-order valence-electron chi connectivity index (χ2n) is 7.59. The van der Waals surface area contributed by atoms with Crippen LogP contribution in [-0.4, -0.2) is 41.6 Å². The van der Waals surface area contributed by atoms with Gasteiger partial charge in [0.1, 0.15) is 0 Å². The minimum absolute atomic E-state index is 0.0709. The topological polar surface area (TPSA) is 57.5 Å². The van der Waals surface area contributed by atoms with Crippen LogP contribution in [0.2, 0.25) is 0 Å². The van der Waals surface area contributed by atoms with E-state index in [4.69, 9.17) is 9.79 Å². The molecule has 0 bridgehead atoms. The molecule has 2 N–H and O–H groups in total. The van der Waals surface area contributed by atoms with Crippen LogP contribution in [0.15, 0.2) is 0 Å². The molecule has 0 amide bonds. The van der Waals surface area contributed by atoms with Gasteiger partial charge in [-0.05, 0) is 0 Å².